The standard InChI is InChI=1S/C12H15ClFN/c1-4-15-12(8(2)3)9-6-5-7-10(13)11(9)14/h5-7,12,15H,2,4H2,1,3H3. The third-order valence-corrected chi connectivity index (χ3v) is 2.49. The van der Waals surface area contributed by atoms with Crippen LogP contribution in [0.5, 0.6) is 0 Å². The molecule has 0 fully saturated rings. The Bertz CT molecular complexity index is 363. The summed E-state index contributed by atoms with van der Waals surface area (Å²) < 4.78 is 13.7. The first kappa shape index (κ1) is 12.2. The smallest absolute Gasteiger partial charge is 0.146 e. The Kier molecular flexibility index (Phi) is 4.30. The summed E-state index contributed by atoms with van der Waals surface area (Å²) in [4.78, 5) is 0. The van der Waals surface area contributed by atoms with Gasteiger partial charge in [0.25, 0.3) is 0 Å². The maximum atomic E-state index is 13.7. The third kappa shape index (κ3) is 2.80. The number of likely N-dealkylation sites (N-methyl/N-ethyl adjacent to an activating group) is 1. The summed E-state index contributed by atoms with van der Waals surface area (Å²) in [6.07, 6.45) is 0. The maximum Gasteiger partial charge on any atom is 0.146 e. The topological polar surface area (TPSA) is 12.0 Å². The van der Waals surface area contributed by atoms with Crippen LogP contribution in [0.4, 0.5) is 4.39 Å². The molecule has 1 aromatic rings. The van der Waals surface area contributed by atoms with Gasteiger partial charge < -0.3 is 5.32 Å². The Morgan fingerprint density at radius 1 is 1.60 bits per heavy atom. The van der Waals surface area contributed by atoms with Gasteiger partial charge in [0.05, 0.1) is 11.1 Å². The third-order valence-electron chi connectivity index (χ3n) is 2.19. The number of nitrogens with one attached hydrogen (secondary N) is 1. The first-order valence-electron chi connectivity index (χ1n) is 4.90. The average molecular weight is 228 g/mol. The largest absolute Gasteiger partial charge is 0.307 e. The molecule has 1 unspecified atom stereocenters. The zero-order chi connectivity index (χ0) is 11.4. The highest BCUT2D eigenvalue weighted by molar-refractivity contribution is 6.30. The van der Waals surface area contributed by atoms with Gasteiger partial charge in [0, 0.05) is 5.56 Å². The van der Waals surface area contributed by atoms with Crippen LogP contribution in [0.25, 0.3) is 0 Å². The molecule has 0 bridgehead atoms. The summed E-state index contributed by atoms with van der Waals surface area (Å²) in [5, 5.41) is 3.32. The van der Waals surface area contributed by atoms with Crippen LogP contribution in [0.15, 0.2) is 30.4 Å². The summed E-state index contributed by atoms with van der Waals surface area (Å²) in [6, 6.07) is 4.84. The molecule has 0 heterocycles. The van der Waals surface area contributed by atoms with E-state index in [1.165, 1.54) is 0 Å². The Morgan fingerprint density at radius 2 is 2.27 bits per heavy atom. The maximum absolute atomic E-state index is 13.7. The van der Waals surface area contributed by atoms with Crippen molar-refractivity contribution in [1.82, 2.24) is 5.32 Å². The van der Waals surface area contributed by atoms with Gasteiger partial charge in [-0.1, -0.05) is 42.8 Å². The van der Waals surface area contributed by atoms with Crippen molar-refractivity contribution in [2.24, 2.45) is 0 Å². The summed E-state index contributed by atoms with van der Waals surface area (Å²) in [5.41, 5.74) is 1.43. The molecule has 0 aliphatic rings. The fourth-order valence-corrected chi connectivity index (χ4v) is 1.68. The van der Waals surface area contributed by atoms with Crippen molar-refractivity contribution >= 4 is 11.6 Å². The molecule has 0 radical (unpaired) electrons. The Hall–Kier alpha value is -0.860. The minimum absolute atomic E-state index is 0.150. The van der Waals surface area contributed by atoms with Crippen LogP contribution in [0.1, 0.15) is 25.5 Å². The van der Waals surface area contributed by atoms with E-state index in [1.807, 2.05) is 13.8 Å². The molecule has 0 aliphatic heterocycles. The lowest BCUT2D eigenvalue weighted by molar-refractivity contribution is 0.555. The average Bonchev–Trinajstić information content (AvgIpc) is 2.19. The van der Waals surface area contributed by atoms with Crippen molar-refractivity contribution in [1.29, 1.82) is 0 Å². The lowest BCUT2D eigenvalue weighted by Crippen LogP contribution is -2.22. The molecule has 3 heteroatoms. The molecule has 0 aromatic heterocycles. The van der Waals surface area contributed by atoms with E-state index in [-0.39, 0.29) is 16.9 Å². The zero-order valence-electron chi connectivity index (χ0n) is 8.98. The Labute approximate surface area is 95.0 Å². The van der Waals surface area contributed by atoms with Crippen molar-refractivity contribution in [3.63, 3.8) is 0 Å². The monoisotopic (exact) mass is 227 g/mol. The van der Waals surface area contributed by atoms with Crippen LogP contribution in [0, 0.1) is 5.82 Å². The van der Waals surface area contributed by atoms with E-state index in [9.17, 15) is 4.39 Å². The molecule has 0 saturated heterocycles. The first-order valence-corrected chi connectivity index (χ1v) is 5.28. The summed E-state index contributed by atoms with van der Waals surface area (Å²) >= 11 is 5.73. The Morgan fingerprint density at radius 3 is 2.80 bits per heavy atom. The molecule has 0 spiro atoms. The van der Waals surface area contributed by atoms with Crippen LogP contribution in [0.2, 0.25) is 5.02 Å². The predicted molar refractivity (Wildman–Crippen MR) is 62.6 cm³/mol. The second-order valence-corrected chi connectivity index (χ2v) is 3.89. The van der Waals surface area contributed by atoms with E-state index < -0.39 is 0 Å². The van der Waals surface area contributed by atoms with Gasteiger partial charge in [-0.3, -0.25) is 0 Å². The molecule has 0 aliphatic carbocycles. The van der Waals surface area contributed by atoms with E-state index in [2.05, 4.69) is 11.9 Å². The lowest BCUT2D eigenvalue weighted by Gasteiger charge is -2.19. The second kappa shape index (κ2) is 5.29. The minimum Gasteiger partial charge on any atom is -0.307 e. The van der Waals surface area contributed by atoms with Crippen molar-refractivity contribution in [2.75, 3.05) is 6.54 Å². The number of rotatable bonds is 4. The van der Waals surface area contributed by atoms with E-state index in [1.54, 1.807) is 18.2 Å². The van der Waals surface area contributed by atoms with Crippen molar-refractivity contribution < 1.29 is 4.39 Å². The van der Waals surface area contributed by atoms with Gasteiger partial charge in [-0.2, -0.15) is 0 Å². The number of hydrogen-bond acceptors (Lipinski definition) is 1. The summed E-state index contributed by atoms with van der Waals surface area (Å²) in [7, 11) is 0. The second-order valence-electron chi connectivity index (χ2n) is 3.48. The lowest BCUT2D eigenvalue weighted by atomic mass is 10.0. The van der Waals surface area contributed by atoms with E-state index >= 15 is 0 Å². The molecule has 15 heavy (non-hydrogen) atoms. The van der Waals surface area contributed by atoms with Gasteiger partial charge in [-0.25, -0.2) is 4.39 Å². The van der Waals surface area contributed by atoms with E-state index in [4.69, 9.17) is 11.6 Å². The van der Waals surface area contributed by atoms with Gasteiger partial charge in [-0.05, 0) is 19.5 Å². The fraction of sp³-hybridized carbons (Fsp3) is 0.333. The van der Waals surface area contributed by atoms with Gasteiger partial charge in [-0.15, -0.1) is 0 Å². The molecule has 1 rings (SSSR count). The van der Waals surface area contributed by atoms with E-state index in [0.717, 1.165) is 12.1 Å². The molecular weight excluding hydrogens is 213 g/mol. The SMILES string of the molecule is C=C(C)C(NCC)c1cccc(Cl)c1F. The normalized spacial score (nSPS) is 12.5. The van der Waals surface area contributed by atoms with Crippen LogP contribution < -0.4 is 5.32 Å². The van der Waals surface area contributed by atoms with Gasteiger partial charge in [0.1, 0.15) is 5.82 Å². The molecule has 0 amide bonds. The molecule has 1 N–H and O–H groups in total. The molecule has 1 nitrogen and oxygen atoms in total. The molecule has 0 saturated carbocycles. The van der Waals surface area contributed by atoms with Crippen LogP contribution in [0.3, 0.4) is 0 Å². The van der Waals surface area contributed by atoms with Crippen molar-refractivity contribution in [2.45, 2.75) is 19.9 Å². The zero-order valence-corrected chi connectivity index (χ0v) is 9.74. The van der Waals surface area contributed by atoms with Gasteiger partial charge in [0.2, 0.25) is 0 Å². The number of halogens is 2. The van der Waals surface area contributed by atoms with Gasteiger partial charge >= 0.3 is 0 Å². The van der Waals surface area contributed by atoms with E-state index in [0.29, 0.717) is 5.56 Å². The molecule has 1 aromatic carbocycles. The molecular formula is C12H15ClFN. The van der Waals surface area contributed by atoms with Crippen LogP contribution in [-0.4, -0.2) is 6.54 Å². The highest BCUT2D eigenvalue weighted by atomic mass is 35.5. The summed E-state index contributed by atoms with van der Waals surface area (Å²) in [5.74, 6) is -0.367. The number of hydrogen-bond donors (Lipinski definition) is 1. The van der Waals surface area contributed by atoms with Crippen molar-refractivity contribution in [3.05, 3.63) is 46.8 Å². The van der Waals surface area contributed by atoms with Gasteiger partial charge in [0.15, 0.2) is 0 Å². The molecule has 1 atom stereocenters. The first-order chi connectivity index (χ1) is 7.07. The quantitative estimate of drug-likeness (QED) is 0.774. The predicted octanol–water partition coefficient (Wildman–Crippen LogP) is 3.71. The Balaban J connectivity index is 3.11. The van der Waals surface area contributed by atoms with Crippen molar-refractivity contribution in [3.8, 4) is 0 Å². The molecule has 82 valence electrons. The fourth-order valence-electron chi connectivity index (χ4n) is 1.50. The number of benzene rings is 1. The summed E-state index contributed by atoms with van der Waals surface area (Å²) in [6.45, 7) is 8.44. The van der Waals surface area contributed by atoms with Crippen LogP contribution in [-0.2, 0) is 0 Å². The highest BCUT2D eigenvalue weighted by Gasteiger charge is 2.16. The van der Waals surface area contributed by atoms with Crippen LogP contribution >= 0.6 is 11.6 Å². The minimum atomic E-state index is -0.367. The highest BCUT2D eigenvalue weighted by Crippen LogP contribution is 2.26.